The highest BCUT2D eigenvalue weighted by molar-refractivity contribution is 5.97. The molecule has 0 aliphatic carbocycles. The SMILES string of the molecule is Cc1c(C(=O)O)n(C)c2ccc[c]c12. The van der Waals surface area contributed by atoms with E-state index < -0.39 is 5.97 Å². The van der Waals surface area contributed by atoms with E-state index in [-0.39, 0.29) is 0 Å². The normalized spacial score (nSPS) is 10.7. The molecule has 0 aliphatic heterocycles. The van der Waals surface area contributed by atoms with Crippen molar-refractivity contribution in [2.24, 2.45) is 7.05 Å². The molecule has 2 rings (SSSR count). The third-order valence-corrected chi connectivity index (χ3v) is 2.46. The molecule has 1 aromatic carbocycles. The van der Waals surface area contributed by atoms with Gasteiger partial charge in [0.25, 0.3) is 0 Å². The van der Waals surface area contributed by atoms with Crippen LogP contribution in [0.5, 0.6) is 0 Å². The molecule has 0 saturated heterocycles. The van der Waals surface area contributed by atoms with Crippen molar-refractivity contribution in [1.29, 1.82) is 0 Å². The Kier molecular flexibility index (Phi) is 1.81. The Morgan fingerprint density at radius 1 is 1.57 bits per heavy atom. The number of nitrogens with zero attached hydrogens (tertiary/aromatic N) is 1. The van der Waals surface area contributed by atoms with Crippen molar-refractivity contribution >= 4 is 16.9 Å². The van der Waals surface area contributed by atoms with Gasteiger partial charge in [0.1, 0.15) is 5.69 Å². The summed E-state index contributed by atoms with van der Waals surface area (Å²) < 4.78 is 1.68. The monoisotopic (exact) mass is 188 g/mol. The quantitative estimate of drug-likeness (QED) is 0.743. The molecule has 1 heterocycles. The number of aromatic carboxylic acids is 1. The minimum Gasteiger partial charge on any atom is -0.477 e. The van der Waals surface area contributed by atoms with Gasteiger partial charge in [-0.1, -0.05) is 12.1 Å². The second-order valence-corrected chi connectivity index (χ2v) is 3.27. The second kappa shape index (κ2) is 2.87. The molecule has 0 saturated carbocycles. The lowest BCUT2D eigenvalue weighted by Gasteiger charge is -1.98. The van der Waals surface area contributed by atoms with Gasteiger partial charge in [-0.2, -0.15) is 0 Å². The zero-order valence-corrected chi connectivity index (χ0v) is 8.03. The Balaban J connectivity index is 2.92. The summed E-state index contributed by atoms with van der Waals surface area (Å²) in [7, 11) is 1.76. The lowest BCUT2D eigenvalue weighted by molar-refractivity contribution is 0.0686. The van der Waals surface area contributed by atoms with E-state index in [4.69, 9.17) is 5.11 Å². The number of benzene rings is 1. The molecule has 0 fully saturated rings. The molecule has 14 heavy (non-hydrogen) atoms. The van der Waals surface area contributed by atoms with Gasteiger partial charge < -0.3 is 9.67 Å². The molecular weight excluding hydrogens is 178 g/mol. The van der Waals surface area contributed by atoms with Crippen LogP contribution in [0.1, 0.15) is 16.1 Å². The summed E-state index contributed by atoms with van der Waals surface area (Å²) in [5.41, 5.74) is 2.01. The van der Waals surface area contributed by atoms with Crippen molar-refractivity contribution in [2.75, 3.05) is 0 Å². The van der Waals surface area contributed by atoms with Crippen LogP contribution in [0, 0.1) is 13.0 Å². The summed E-state index contributed by atoms with van der Waals surface area (Å²) in [5.74, 6) is -0.894. The zero-order valence-electron chi connectivity index (χ0n) is 8.03. The van der Waals surface area contributed by atoms with E-state index in [9.17, 15) is 4.79 Å². The average molecular weight is 188 g/mol. The highest BCUT2D eigenvalue weighted by Crippen LogP contribution is 2.23. The second-order valence-electron chi connectivity index (χ2n) is 3.27. The fraction of sp³-hybridized carbons (Fsp3) is 0.182. The highest BCUT2D eigenvalue weighted by Gasteiger charge is 2.16. The smallest absolute Gasteiger partial charge is 0.352 e. The number of hydrogen-bond donors (Lipinski definition) is 1. The van der Waals surface area contributed by atoms with Gasteiger partial charge in [-0.3, -0.25) is 0 Å². The molecule has 0 spiro atoms. The van der Waals surface area contributed by atoms with Gasteiger partial charge >= 0.3 is 5.97 Å². The summed E-state index contributed by atoms with van der Waals surface area (Å²) in [4.78, 5) is 11.0. The lowest BCUT2D eigenvalue weighted by atomic mass is 10.1. The standard InChI is InChI=1S/C11H10NO2/c1-7-8-5-3-4-6-9(8)12(2)10(7)11(13)14/h3-4,6H,1-2H3,(H,13,14). The van der Waals surface area contributed by atoms with Gasteiger partial charge in [-0.15, -0.1) is 0 Å². The van der Waals surface area contributed by atoms with Crippen LogP contribution in [-0.2, 0) is 7.05 Å². The molecule has 1 aromatic heterocycles. The summed E-state index contributed by atoms with van der Waals surface area (Å²) >= 11 is 0. The average Bonchev–Trinajstić information content (AvgIpc) is 2.41. The van der Waals surface area contributed by atoms with Crippen molar-refractivity contribution in [3.05, 3.63) is 35.5 Å². The van der Waals surface area contributed by atoms with Crippen molar-refractivity contribution < 1.29 is 9.90 Å². The molecule has 0 bridgehead atoms. The van der Waals surface area contributed by atoms with E-state index in [2.05, 4.69) is 6.07 Å². The van der Waals surface area contributed by atoms with E-state index >= 15 is 0 Å². The van der Waals surface area contributed by atoms with Gasteiger partial charge in [0, 0.05) is 18.0 Å². The molecule has 2 aromatic rings. The summed E-state index contributed by atoms with van der Waals surface area (Å²) in [6.07, 6.45) is 0. The third-order valence-electron chi connectivity index (χ3n) is 2.46. The zero-order chi connectivity index (χ0) is 10.3. The summed E-state index contributed by atoms with van der Waals surface area (Å²) in [6, 6.07) is 8.59. The molecule has 3 nitrogen and oxygen atoms in total. The fourth-order valence-electron chi connectivity index (χ4n) is 1.80. The van der Waals surface area contributed by atoms with Crippen LogP contribution in [0.15, 0.2) is 18.2 Å². The number of hydrogen-bond acceptors (Lipinski definition) is 1. The van der Waals surface area contributed by atoms with E-state index in [1.54, 1.807) is 17.7 Å². The first-order valence-corrected chi connectivity index (χ1v) is 4.32. The first-order valence-electron chi connectivity index (χ1n) is 4.32. The highest BCUT2D eigenvalue weighted by atomic mass is 16.4. The summed E-state index contributed by atoms with van der Waals surface area (Å²) in [6.45, 7) is 1.81. The van der Waals surface area contributed by atoms with E-state index in [0.717, 1.165) is 16.5 Å². The maximum absolute atomic E-state index is 11.0. The lowest BCUT2D eigenvalue weighted by Crippen LogP contribution is -2.05. The number of carboxylic acid groups (broad SMARTS) is 1. The predicted octanol–water partition coefficient (Wildman–Crippen LogP) is 1.99. The molecule has 3 heteroatoms. The molecule has 0 atom stereocenters. The van der Waals surface area contributed by atoms with Crippen molar-refractivity contribution in [3.63, 3.8) is 0 Å². The van der Waals surface area contributed by atoms with Gasteiger partial charge in [0.2, 0.25) is 0 Å². The van der Waals surface area contributed by atoms with Crippen LogP contribution < -0.4 is 0 Å². The number of carbonyl (C=O) groups is 1. The van der Waals surface area contributed by atoms with Gasteiger partial charge in [-0.25, -0.2) is 4.79 Å². The molecule has 71 valence electrons. The molecule has 1 radical (unpaired) electrons. The first-order chi connectivity index (χ1) is 6.63. The molecule has 1 N–H and O–H groups in total. The fourth-order valence-corrected chi connectivity index (χ4v) is 1.80. The number of aromatic nitrogens is 1. The predicted molar refractivity (Wildman–Crippen MR) is 53.5 cm³/mol. The van der Waals surface area contributed by atoms with Crippen LogP contribution in [0.4, 0.5) is 0 Å². The molecular formula is C11H10NO2. The number of rotatable bonds is 1. The maximum Gasteiger partial charge on any atom is 0.352 e. The van der Waals surface area contributed by atoms with Gasteiger partial charge in [0.05, 0.1) is 0 Å². The molecule has 0 aliphatic rings. The minimum atomic E-state index is -0.894. The van der Waals surface area contributed by atoms with Gasteiger partial charge in [-0.05, 0) is 24.6 Å². The Bertz CT molecular complexity index is 472. The topological polar surface area (TPSA) is 42.2 Å². The van der Waals surface area contributed by atoms with E-state index in [1.165, 1.54) is 0 Å². The molecule has 0 unspecified atom stereocenters. The van der Waals surface area contributed by atoms with E-state index in [0.29, 0.717) is 5.69 Å². The van der Waals surface area contributed by atoms with E-state index in [1.807, 2.05) is 19.1 Å². The maximum atomic E-state index is 11.0. The van der Waals surface area contributed by atoms with Crippen LogP contribution in [0.25, 0.3) is 10.9 Å². The Labute approximate surface area is 81.6 Å². The van der Waals surface area contributed by atoms with Gasteiger partial charge in [0.15, 0.2) is 0 Å². The van der Waals surface area contributed by atoms with Crippen LogP contribution in [-0.4, -0.2) is 15.6 Å². The Morgan fingerprint density at radius 3 is 2.86 bits per heavy atom. The van der Waals surface area contributed by atoms with Crippen LogP contribution >= 0.6 is 0 Å². The van der Waals surface area contributed by atoms with Crippen LogP contribution in [0.3, 0.4) is 0 Å². The van der Waals surface area contributed by atoms with Crippen molar-refractivity contribution in [3.8, 4) is 0 Å². The third kappa shape index (κ3) is 1.02. The van der Waals surface area contributed by atoms with Crippen molar-refractivity contribution in [1.82, 2.24) is 4.57 Å². The Morgan fingerprint density at radius 2 is 2.29 bits per heavy atom. The number of fused-ring (bicyclic) bond motifs is 1. The van der Waals surface area contributed by atoms with Crippen LogP contribution in [0.2, 0.25) is 0 Å². The number of carboxylic acids is 1. The van der Waals surface area contributed by atoms with Crippen molar-refractivity contribution in [2.45, 2.75) is 6.92 Å². The number of aryl methyl sites for hydroxylation is 2. The minimum absolute atomic E-state index is 0.336. The first kappa shape index (κ1) is 8.81. The Hall–Kier alpha value is -1.77. The largest absolute Gasteiger partial charge is 0.477 e. The summed E-state index contributed by atoms with van der Waals surface area (Å²) in [5, 5.41) is 9.89. The molecule has 0 amide bonds.